The Morgan fingerprint density at radius 2 is 1.91 bits per heavy atom. The third-order valence-electron chi connectivity index (χ3n) is 7.86. The van der Waals surface area contributed by atoms with Gasteiger partial charge in [-0.05, 0) is 49.3 Å². The molecule has 0 spiro atoms. The molecule has 0 saturated carbocycles. The van der Waals surface area contributed by atoms with E-state index in [1.165, 1.54) is 10.6 Å². The van der Waals surface area contributed by atoms with Crippen molar-refractivity contribution in [1.29, 1.82) is 5.26 Å². The number of Topliss-reactive ketones (excluding diaryl/α,β-unsaturated/α-hetero) is 1. The smallest absolute Gasteiger partial charge is 0.161 e. The van der Waals surface area contributed by atoms with Crippen LogP contribution in [-0.2, 0) is 4.79 Å². The number of phenols is 1. The fourth-order valence-electron chi connectivity index (χ4n) is 6.35. The number of hydrogen-bond donors (Lipinski definition) is 2. The van der Waals surface area contributed by atoms with Crippen molar-refractivity contribution in [2.24, 2.45) is 10.7 Å². The average Bonchev–Trinajstić information content (AvgIpc) is 3.28. The minimum absolute atomic E-state index is 0.0836. The Kier molecular flexibility index (Phi) is 4.07. The Morgan fingerprint density at radius 3 is 2.65 bits per heavy atom. The molecule has 1 atom stereocenters. The molecule has 34 heavy (non-hydrogen) atoms. The van der Waals surface area contributed by atoms with Crippen LogP contribution in [-0.4, -0.2) is 29.8 Å². The molecule has 3 N–H and O–H groups in total. The molecule has 6 aliphatic rings. The zero-order chi connectivity index (χ0) is 23.1. The number of fused-ring (bicyclic) bond motifs is 6. The largest absolute Gasteiger partial charge is 0.508 e. The molecule has 0 amide bonds. The summed E-state index contributed by atoms with van der Waals surface area (Å²) in [5.74, 6) is 1.23. The summed E-state index contributed by atoms with van der Waals surface area (Å²) in [6.07, 6.45) is 4.27. The van der Waals surface area contributed by atoms with Crippen LogP contribution in [0.25, 0.3) is 0 Å². The third kappa shape index (κ3) is 2.50. The van der Waals surface area contributed by atoms with Gasteiger partial charge in [-0.1, -0.05) is 23.5 Å². The molecule has 1 aromatic heterocycles. The van der Waals surface area contributed by atoms with Crippen molar-refractivity contribution in [3.63, 3.8) is 0 Å². The number of carbonyl (C=O) groups excluding carboxylic acids is 1. The van der Waals surface area contributed by atoms with E-state index in [9.17, 15) is 15.2 Å². The highest BCUT2D eigenvalue weighted by Crippen LogP contribution is 2.57. The molecular formula is C26H23N5O2S. The van der Waals surface area contributed by atoms with Gasteiger partial charge in [-0.2, -0.15) is 5.26 Å². The minimum atomic E-state index is -0.507. The normalized spacial score (nSPS) is 23.3. The highest BCUT2D eigenvalue weighted by atomic mass is 32.1. The van der Waals surface area contributed by atoms with Gasteiger partial charge in [-0.15, -0.1) is 0 Å². The van der Waals surface area contributed by atoms with Crippen molar-refractivity contribution in [2.45, 2.75) is 43.9 Å². The molecule has 1 fully saturated rings. The van der Waals surface area contributed by atoms with Crippen LogP contribution in [0.4, 0.5) is 10.0 Å². The van der Waals surface area contributed by atoms with E-state index in [2.05, 4.69) is 15.9 Å². The molecule has 2 aromatic rings. The number of phenolic OH excluding ortho intramolecular Hbond substituents is 1. The monoisotopic (exact) mass is 469 g/mol. The second-order valence-corrected chi connectivity index (χ2v) is 10.6. The van der Waals surface area contributed by atoms with E-state index in [4.69, 9.17) is 10.7 Å². The standard InChI is InChI=1S/C26H23N5O2S/c27-12-16-19(13-4-6-15(32)7-5-13)21-17(2-1-3-18(21)33)31-24(16)29-23(28)22-20-14-8-10-30(11-9-14)25(20)34-26(22)31/h4-7,14,19,32H,1-3,8-11H2,(H2,28,29). The molecule has 0 radical (unpaired) electrons. The first-order valence-electron chi connectivity index (χ1n) is 11.8. The van der Waals surface area contributed by atoms with Crippen LogP contribution < -0.4 is 15.5 Å². The van der Waals surface area contributed by atoms with Gasteiger partial charge in [-0.3, -0.25) is 9.69 Å². The van der Waals surface area contributed by atoms with Crippen LogP contribution in [0.3, 0.4) is 0 Å². The lowest BCUT2D eigenvalue weighted by atomic mass is 9.75. The number of thiophene rings is 1. The van der Waals surface area contributed by atoms with E-state index >= 15 is 0 Å². The summed E-state index contributed by atoms with van der Waals surface area (Å²) in [5, 5.41) is 22.4. The van der Waals surface area contributed by atoms with Gasteiger partial charge >= 0.3 is 0 Å². The topological polar surface area (TPSA) is 106 Å². The lowest BCUT2D eigenvalue weighted by molar-refractivity contribution is -0.116. The van der Waals surface area contributed by atoms with Crippen molar-refractivity contribution in [2.75, 3.05) is 22.9 Å². The number of rotatable bonds is 1. The highest BCUT2D eigenvalue weighted by molar-refractivity contribution is 7.21. The number of hydrogen-bond acceptors (Lipinski definition) is 8. The second kappa shape index (κ2) is 6.97. The lowest BCUT2D eigenvalue weighted by Gasteiger charge is -2.41. The number of benzene rings is 1. The maximum atomic E-state index is 13.4. The number of aromatic hydroxyl groups is 1. The molecule has 5 aliphatic heterocycles. The zero-order valence-corrected chi connectivity index (χ0v) is 19.4. The van der Waals surface area contributed by atoms with Crippen LogP contribution in [0.5, 0.6) is 5.75 Å². The summed E-state index contributed by atoms with van der Waals surface area (Å²) in [7, 11) is 0. The predicted molar refractivity (Wildman–Crippen MR) is 131 cm³/mol. The molecule has 2 bridgehead atoms. The maximum Gasteiger partial charge on any atom is 0.161 e. The van der Waals surface area contributed by atoms with Crippen LogP contribution >= 0.6 is 11.3 Å². The fraction of sp³-hybridized carbons (Fsp3) is 0.346. The van der Waals surface area contributed by atoms with Gasteiger partial charge in [0, 0.05) is 36.3 Å². The minimum Gasteiger partial charge on any atom is -0.508 e. The van der Waals surface area contributed by atoms with Gasteiger partial charge in [0.25, 0.3) is 0 Å². The van der Waals surface area contributed by atoms with Gasteiger partial charge in [0.2, 0.25) is 0 Å². The second-order valence-electron chi connectivity index (χ2n) is 9.61. The molecular weight excluding hydrogens is 446 g/mol. The lowest BCUT2D eigenvalue weighted by Crippen LogP contribution is -2.40. The van der Waals surface area contributed by atoms with E-state index in [0.29, 0.717) is 35.1 Å². The van der Waals surface area contributed by atoms with Crippen molar-refractivity contribution in [1.82, 2.24) is 0 Å². The van der Waals surface area contributed by atoms with Crippen molar-refractivity contribution in [3.8, 4) is 11.8 Å². The first-order chi connectivity index (χ1) is 16.6. The average molecular weight is 470 g/mol. The molecule has 1 aromatic carbocycles. The number of nitrogens with zero attached hydrogens (tertiary/aromatic N) is 4. The fourth-order valence-corrected chi connectivity index (χ4v) is 7.83. The van der Waals surface area contributed by atoms with E-state index in [-0.39, 0.29) is 11.5 Å². The zero-order valence-electron chi connectivity index (χ0n) is 18.5. The van der Waals surface area contributed by atoms with Crippen molar-refractivity contribution < 1.29 is 9.90 Å². The van der Waals surface area contributed by atoms with Crippen LogP contribution in [0.15, 0.2) is 51.9 Å². The maximum absolute atomic E-state index is 13.4. The highest BCUT2D eigenvalue weighted by Gasteiger charge is 2.46. The summed E-state index contributed by atoms with van der Waals surface area (Å²) in [6.45, 7) is 2.13. The van der Waals surface area contributed by atoms with Crippen molar-refractivity contribution >= 4 is 33.0 Å². The Balaban J connectivity index is 1.51. The van der Waals surface area contributed by atoms with Gasteiger partial charge in [-0.25, -0.2) is 4.99 Å². The Bertz CT molecular complexity index is 1400. The Labute approximate surface area is 201 Å². The number of nitrogens with two attached hydrogens (primary N) is 1. The summed E-state index contributed by atoms with van der Waals surface area (Å²) >= 11 is 1.73. The van der Waals surface area contributed by atoms with E-state index in [0.717, 1.165) is 60.6 Å². The number of piperidine rings is 1. The molecule has 8 rings (SSSR count). The van der Waals surface area contributed by atoms with Gasteiger partial charge in [0.15, 0.2) is 11.6 Å². The molecule has 6 heterocycles. The van der Waals surface area contributed by atoms with Gasteiger partial charge in [0.05, 0.1) is 28.1 Å². The summed E-state index contributed by atoms with van der Waals surface area (Å²) in [6, 6.07) is 9.16. The van der Waals surface area contributed by atoms with E-state index < -0.39 is 5.92 Å². The molecule has 1 saturated heterocycles. The number of carbonyl (C=O) groups is 1. The Hall–Kier alpha value is -3.57. The predicted octanol–water partition coefficient (Wildman–Crippen LogP) is 4.22. The Morgan fingerprint density at radius 1 is 1.15 bits per heavy atom. The number of allylic oxidation sites excluding steroid dienone is 3. The van der Waals surface area contributed by atoms with E-state index in [1.54, 1.807) is 35.6 Å². The summed E-state index contributed by atoms with van der Waals surface area (Å²) < 4.78 is 0. The molecule has 1 unspecified atom stereocenters. The first kappa shape index (κ1) is 19.9. The molecule has 7 nitrogen and oxygen atoms in total. The van der Waals surface area contributed by atoms with Gasteiger partial charge < -0.3 is 15.7 Å². The van der Waals surface area contributed by atoms with Crippen LogP contribution in [0.1, 0.15) is 60.6 Å². The van der Waals surface area contributed by atoms with Crippen LogP contribution in [0.2, 0.25) is 0 Å². The number of amidine groups is 1. The van der Waals surface area contributed by atoms with Gasteiger partial charge in [0.1, 0.15) is 16.6 Å². The number of anilines is 2. The number of aliphatic imine (C=N–C) groups is 1. The SMILES string of the molecule is N#CC1=C2N=C(N)c3c(sc4c3C3CCN4CC3)N2C2=C(C(=O)CCC2)C1c1ccc(O)cc1. The molecule has 170 valence electrons. The van der Waals surface area contributed by atoms with Crippen molar-refractivity contribution in [3.05, 3.63) is 63.6 Å². The van der Waals surface area contributed by atoms with E-state index in [1.807, 2.05) is 0 Å². The summed E-state index contributed by atoms with van der Waals surface area (Å²) in [4.78, 5) is 22.7. The third-order valence-corrected chi connectivity index (χ3v) is 9.11. The number of nitriles is 1. The first-order valence-corrected chi connectivity index (χ1v) is 12.6. The summed E-state index contributed by atoms with van der Waals surface area (Å²) in [5.41, 5.74) is 11.8. The quantitative estimate of drug-likeness (QED) is 0.648. The number of ketones is 1. The molecule has 8 heteroatoms. The van der Waals surface area contributed by atoms with Crippen LogP contribution in [0, 0.1) is 11.3 Å². The molecule has 1 aliphatic carbocycles.